The van der Waals surface area contributed by atoms with Gasteiger partial charge in [-0.2, -0.15) is 0 Å². The average Bonchev–Trinajstić information content (AvgIpc) is 2.56. The Morgan fingerprint density at radius 3 is 2.78 bits per heavy atom. The van der Waals surface area contributed by atoms with Crippen LogP contribution in [-0.2, 0) is 11.2 Å². The molecule has 1 aliphatic carbocycles. The molecule has 1 aliphatic heterocycles. The average molecular weight is 372 g/mol. The summed E-state index contributed by atoms with van der Waals surface area (Å²) in [5.74, 6) is 0.912. The van der Waals surface area contributed by atoms with Crippen LogP contribution in [0.4, 0.5) is 4.39 Å². The fourth-order valence-electron chi connectivity index (χ4n) is 3.49. The minimum atomic E-state index is -0.265. The van der Waals surface area contributed by atoms with E-state index >= 15 is 0 Å². The van der Waals surface area contributed by atoms with Crippen molar-refractivity contribution in [2.24, 2.45) is 0 Å². The van der Waals surface area contributed by atoms with E-state index in [0.717, 1.165) is 29.7 Å². The molecule has 1 N–H and O–H groups in total. The van der Waals surface area contributed by atoms with Crippen LogP contribution in [0.25, 0.3) is 5.76 Å². The van der Waals surface area contributed by atoms with Crippen molar-refractivity contribution in [3.8, 4) is 0 Å². The Labute approximate surface area is 142 Å². The molecule has 0 radical (unpaired) electrons. The summed E-state index contributed by atoms with van der Waals surface area (Å²) in [6.07, 6.45) is 2.42. The van der Waals surface area contributed by atoms with Crippen molar-refractivity contribution in [3.05, 3.63) is 75.0 Å². The second-order valence-electron chi connectivity index (χ2n) is 5.97. The molecule has 0 fully saturated rings. The molecular weight excluding hydrogens is 357 g/mol. The molecule has 1 unspecified atom stereocenters. The van der Waals surface area contributed by atoms with E-state index in [9.17, 15) is 4.39 Å². The van der Waals surface area contributed by atoms with Crippen LogP contribution in [0, 0.1) is 11.2 Å². The lowest BCUT2D eigenvalue weighted by Crippen LogP contribution is -2.23. The number of rotatable bonds is 1. The summed E-state index contributed by atoms with van der Waals surface area (Å²) in [6.45, 7) is 0. The summed E-state index contributed by atoms with van der Waals surface area (Å²) in [4.78, 5) is 0. The van der Waals surface area contributed by atoms with Gasteiger partial charge in [-0.1, -0.05) is 30.3 Å². The maximum Gasteiger partial charge on any atom is 0.188 e. The van der Waals surface area contributed by atoms with Crippen LogP contribution < -0.4 is 0 Å². The third-order valence-corrected chi connectivity index (χ3v) is 5.21. The molecule has 2 aromatic rings. The van der Waals surface area contributed by atoms with Crippen LogP contribution >= 0.6 is 15.9 Å². The number of aryl methyl sites for hydroxylation is 1. The Morgan fingerprint density at radius 1 is 1.13 bits per heavy atom. The second-order valence-corrected chi connectivity index (χ2v) is 6.82. The molecule has 2 aromatic carbocycles. The van der Waals surface area contributed by atoms with Gasteiger partial charge in [-0.15, -0.1) is 0 Å². The molecule has 1 atom stereocenters. The molecule has 2 aliphatic rings. The molecule has 0 saturated carbocycles. The van der Waals surface area contributed by atoms with E-state index in [1.54, 1.807) is 0 Å². The van der Waals surface area contributed by atoms with Gasteiger partial charge in [-0.05, 0) is 57.6 Å². The lowest BCUT2D eigenvalue weighted by molar-refractivity contribution is 0.438. The molecule has 0 aromatic heterocycles. The Morgan fingerprint density at radius 2 is 1.96 bits per heavy atom. The molecule has 116 valence electrons. The van der Waals surface area contributed by atoms with Crippen LogP contribution in [0.1, 0.15) is 35.4 Å². The topological polar surface area (TPSA) is 33.1 Å². The molecule has 1 heterocycles. The number of allylic oxidation sites excluding steroid dienone is 1. The number of hydrogen-bond donors (Lipinski definition) is 1. The van der Waals surface area contributed by atoms with Crippen molar-refractivity contribution in [1.29, 1.82) is 5.41 Å². The van der Waals surface area contributed by atoms with Gasteiger partial charge in [0.1, 0.15) is 11.6 Å². The number of hydrogen-bond acceptors (Lipinski definition) is 2. The molecule has 0 spiro atoms. The van der Waals surface area contributed by atoms with E-state index in [2.05, 4.69) is 28.1 Å². The highest BCUT2D eigenvalue weighted by molar-refractivity contribution is 9.10. The number of halogens is 2. The largest absolute Gasteiger partial charge is 0.443 e. The Bertz CT molecular complexity index is 843. The van der Waals surface area contributed by atoms with E-state index in [1.165, 1.54) is 17.2 Å². The van der Waals surface area contributed by atoms with Crippen molar-refractivity contribution in [2.75, 3.05) is 0 Å². The first kappa shape index (κ1) is 14.6. The van der Waals surface area contributed by atoms with Crippen molar-refractivity contribution in [3.63, 3.8) is 0 Å². The lowest BCUT2D eigenvalue weighted by atomic mass is 9.78. The van der Waals surface area contributed by atoms with Crippen LogP contribution in [-0.4, -0.2) is 5.90 Å². The van der Waals surface area contributed by atoms with Gasteiger partial charge in [0.15, 0.2) is 5.90 Å². The van der Waals surface area contributed by atoms with E-state index in [0.29, 0.717) is 10.9 Å². The van der Waals surface area contributed by atoms with Gasteiger partial charge >= 0.3 is 0 Å². The standard InChI is InChI=1S/C19H15BrFNO/c20-16-9-12(6-8-17(16)21)15-10-18(22)23-19-13-4-2-1-3-11(13)5-7-14(15)19/h1-4,6,8-9,15,22H,5,7,10H2. The van der Waals surface area contributed by atoms with Crippen molar-refractivity contribution < 1.29 is 9.13 Å². The smallest absolute Gasteiger partial charge is 0.188 e. The van der Waals surface area contributed by atoms with Crippen LogP contribution in [0.5, 0.6) is 0 Å². The van der Waals surface area contributed by atoms with Crippen molar-refractivity contribution >= 4 is 27.6 Å². The number of benzene rings is 2. The van der Waals surface area contributed by atoms with E-state index < -0.39 is 0 Å². The summed E-state index contributed by atoms with van der Waals surface area (Å²) in [6, 6.07) is 13.3. The summed E-state index contributed by atoms with van der Waals surface area (Å²) in [7, 11) is 0. The molecule has 4 heteroatoms. The minimum absolute atomic E-state index is 0.0801. The summed E-state index contributed by atoms with van der Waals surface area (Å²) >= 11 is 3.27. The lowest BCUT2D eigenvalue weighted by Gasteiger charge is -2.33. The zero-order valence-electron chi connectivity index (χ0n) is 12.4. The third-order valence-electron chi connectivity index (χ3n) is 4.60. The second kappa shape index (κ2) is 5.60. The Hall–Kier alpha value is -1.94. The van der Waals surface area contributed by atoms with Gasteiger partial charge in [-0.25, -0.2) is 4.39 Å². The SMILES string of the molecule is N=C1CC(c2ccc(F)c(Br)c2)C2=C(O1)c1ccccc1CC2. The Kier molecular flexibility index (Phi) is 3.57. The minimum Gasteiger partial charge on any atom is -0.443 e. The number of fused-ring (bicyclic) bond motifs is 2. The quantitative estimate of drug-likeness (QED) is 0.712. The third kappa shape index (κ3) is 2.51. The van der Waals surface area contributed by atoms with E-state index in [-0.39, 0.29) is 17.6 Å². The van der Waals surface area contributed by atoms with E-state index in [1.807, 2.05) is 24.3 Å². The van der Waals surface area contributed by atoms with Gasteiger partial charge < -0.3 is 4.74 Å². The van der Waals surface area contributed by atoms with Crippen LogP contribution in [0.15, 0.2) is 52.5 Å². The molecule has 23 heavy (non-hydrogen) atoms. The van der Waals surface area contributed by atoms with Gasteiger partial charge in [0.05, 0.1) is 4.47 Å². The highest BCUT2D eigenvalue weighted by atomic mass is 79.9. The molecule has 2 nitrogen and oxygen atoms in total. The van der Waals surface area contributed by atoms with Gasteiger partial charge in [0, 0.05) is 17.9 Å². The van der Waals surface area contributed by atoms with Gasteiger partial charge in [0.25, 0.3) is 0 Å². The maximum atomic E-state index is 13.5. The highest BCUT2D eigenvalue weighted by Crippen LogP contribution is 2.45. The zero-order valence-corrected chi connectivity index (χ0v) is 14.0. The van der Waals surface area contributed by atoms with Crippen LogP contribution in [0.3, 0.4) is 0 Å². The first-order chi connectivity index (χ1) is 11.1. The number of nitrogens with one attached hydrogen (secondary N) is 1. The monoisotopic (exact) mass is 371 g/mol. The summed E-state index contributed by atoms with van der Waals surface area (Å²) in [5.41, 5.74) is 4.60. The van der Waals surface area contributed by atoms with Gasteiger partial charge in [0.2, 0.25) is 0 Å². The van der Waals surface area contributed by atoms with E-state index in [4.69, 9.17) is 10.1 Å². The number of ether oxygens (including phenoxy) is 1. The first-order valence-corrected chi connectivity index (χ1v) is 8.44. The Balaban J connectivity index is 1.85. The fraction of sp³-hybridized carbons (Fsp3) is 0.211. The van der Waals surface area contributed by atoms with Crippen LogP contribution in [0.2, 0.25) is 0 Å². The summed E-state index contributed by atoms with van der Waals surface area (Å²) in [5, 5.41) is 8.09. The zero-order chi connectivity index (χ0) is 16.0. The van der Waals surface area contributed by atoms with Gasteiger partial charge in [-0.3, -0.25) is 5.41 Å². The maximum absolute atomic E-state index is 13.5. The molecule has 0 bridgehead atoms. The highest BCUT2D eigenvalue weighted by Gasteiger charge is 2.33. The summed E-state index contributed by atoms with van der Waals surface area (Å²) < 4.78 is 19.8. The normalized spacial score (nSPS) is 19.9. The molecule has 0 amide bonds. The van der Waals surface area contributed by atoms with Crippen molar-refractivity contribution in [1.82, 2.24) is 0 Å². The van der Waals surface area contributed by atoms with Crippen molar-refractivity contribution in [2.45, 2.75) is 25.2 Å². The molecule has 4 rings (SSSR count). The molecular formula is C19H15BrFNO. The molecule has 0 saturated heterocycles. The fourth-order valence-corrected chi connectivity index (χ4v) is 3.89. The predicted octanol–water partition coefficient (Wildman–Crippen LogP) is 5.43. The predicted molar refractivity (Wildman–Crippen MR) is 92.0 cm³/mol. The first-order valence-electron chi connectivity index (χ1n) is 7.65.